The van der Waals surface area contributed by atoms with Crippen LogP contribution in [-0.2, 0) is 6.54 Å². The zero-order chi connectivity index (χ0) is 14.8. The van der Waals surface area contributed by atoms with Crippen molar-refractivity contribution in [3.8, 4) is 0 Å². The van der Waals surface area contributed by atoms with Crippen LogP contribution in [0.2, 0.25) is 5.02 Å². The number of halogens is 1. The standard InChI is InChI=1S/C18H21ClN2/c1-13-6-10-16(11-7-13)21(2)18-14(4-3-5-17(18)19)12-20-15-8-9-15/h3-7,10-11,15,20H,8-9,12H2,1-2H3. The fourth-order valence-electron chi connectivity index (χ4n) is 2.52. The van der Waals surface area contributed by atoms with Gasteiger partial charge in [0.2, 0.25) is 0 Å². The summed E-state index contributed by atoms with van der Waals surface area (Å²) in [5.41, 5.74) is 4.76. The maximum absolute atomic E-state index is 6.47. The molecule has 0 spiro atoms. The minimum atomic E-state index is 0.696. The molecule has 0 aromatic heterocycles. The molecule has 0 bridgehead atoms. The SMILES string of the molecule is Cc1ccc(N(C)c2c(Cl)cccc2CNC2CC2)cc1. The van der Waals surface area contributed by atoms with Crippen LogP contribution in [0.3, 0.4) is 0 Å². The maximum atomic E-state index is 6.47. The molecule has 2 aromatic carbocycles. The third-order valence-electron chi connectivity index (χ3n) is 3.99. The molecule has 1 fully saturated rings. The largest absolute Gasteiger partial charge is 0.343 e. The van der Waals surface area contributed by atoms with Crippen LogP contribution in [0.4, 0.5) is 11.4 Å². The number of anilines is 2. The minimum Gasteiger partial charge on any atom is -0.343 e. The molecule has 0 radical (unpaired) electrons. The number of aryl methyl sites for hydroxylation is 1. The Bertz CT molecular complexity index is 618. The van der Waals surface area contributed by atoms with E-state index in [1.54, 1.807) is 0 Å². The monoisotopic (exact) mass is 300 g/mol. The normalized spacial score (nSPS) is 14.2. The summed E-state index contributed by atoms with van der Waals surface area (Å²) in [5.74, 6) is 0. The van der Waals surface area contributed by atoms with Crippen LogP contribution in [-0.4, -0.2) is 13.1 Å². The van der Waals surface area contributed by atoms with E-state index < -0.39 is 0 Å². The highest BCUT2D eigenvalue weighted by Crippen LogP contribution is 2.34. The second-order valence-corrected chi connectivity index (χ2v) is 6.20. The smallest absolute Gasteiger partial charge is 0.0646 e. The second kappa shape index (κ2) is 6.08. The summed E-state index contributed by atoms with van der Waals surface area (Å²) in [6.07, 6.45) is 2.59. The highest BCUT2D eigenvalue weighted by atomic mass is 35.5. The zero-order valence-corrected chi connectivity index (χ0v) is 13.3. The number of rotatable bonds is 5. The van der Waals surface area contributed by atoms with E-state index in [0.717, 1.165) is 22.9 Å². The Balaban J connectivity index is 1.89. The highest BCUT2D eigenvalue weighted by Gasteiger charge is 2.21. The minimum absolute atomic E-state index is 0.696. The molecule has 3 rings (SSSR count). The molecule has 21 heavy (non-hydrogen) atoms. The Kier molecular flexibility index (Phi) is 4.18. The quantitative estimate of drug-likeness (QED) is 0.863. The molecule has 1 saturated carbocycles. The van der Waals surface area contributed by atoms with Crippen molar-refractivity contribution in [3.63, 3.8) is 0 Å². The van der Waals surface area contributed by atoms with E-state index in [1.807, 2.05) is 12.1 Å². The number of para-hydroxylation sites is 1. The Morgan fingerprint density at radius 2 is 1.86 bits per heavy atom. The summed E-state index contributed by atoms with van der Waals surface area (Å²) in [6, 6.07) is 15.4. The third-order valence-corrected chi connectivity index (χ3v) is 4.29. The Morgan fingerprint density at radius 1 is 1.14 bits per heavy atom. The van der Waals surface area contributed by atoms with Crippen molar-refractivity contribution in [2.75, 3.05) is 11.9 Å². The van der Waals surface area contributed by atoms with Gasteiger partial charge in [-0.2, -0.15) is 0 Å². The van der Waals surface area contributed by atoms with Crippen LogP contribution in [0.5, 0.6) is 0 Å². The van der Waals surface area contributed by atoms with Crippen molar-refractivity contribution in [1.82, 2.24) is 5.32 Å². The topological polar surface area (TPSA) is 15.3 Å². The van der Waals surface area contributed by atoms with Gasteiger partial charge in [-0.15, -0.1) is 0 Å². The number of hydrogen-bond donors (Lipinski definition) is 1. The van der Waals surface area contributed by atoms with Gasteiger partial charge < -0.3 is 10.2 Å². The lowest BCUT2D eigenvalue weighted by Crippen LogP contribution is -2.19. The average molecular weight is 301 g/mol. The van der Waals surface area contributed by atoms with Gasteiger partial charge in [-0.25, -0.2) is 0 Å². The summed E-state index contributed by atoms with van der Waals surface area (Å²) < 4.78 is 0. The summed E-state index contributed by atoms with van der Waals surface area (Å²) in [6.45, 7) is 2.97. The van der Waals surface area contributed by atoms with Crippen molar-refractivity contribution in [2.24, 2.45) is 0 Å². The van der Waals surface area contributed by atoms with Crippen molar-refractivity contribution in [1.29, 1.82) is 0 Å². The first kappa shape index (κ1) is 14.4. The highest BCUT2D eigenvalue weighted by molar-refractivity contribution is 6.33. The predicted octanol–water partition coefficient (Wildman–Crippen LogP) is 4.67. The molecule has 0 aliphatic heterocycles. The van der Waals surface area contributed by atoms with Gasteiger partial charge in [0.05, 0.1) is 10.7 Å². The molecule has 0 heterocycles. The van der Waals surface area contributed by atoms with E-state index in [-0.39, 0.29) is 0 Å². The van der Waals surface area contributed by atoms with E-state index in [2.05, 4.69) is 54.5 Å². The molecule has 1 aliphatic rings. The number of nitrogens with zero attached hydrogens (tertiary/aromatic N) is 1. The number of benzene rings is 2. The van der Waals surface area contributed by atoms with Crippen LogP contribution in [0.25, 0.3) is 0 Å². The van der Waals surface area contributed by atoms with E-state index in [1.165, 1.54) is 24.0 Å². The molecule has 2 nitrogen and oxygen atoms in total. The number of hydrogen-bond acceptors (Lipinski definition) is 2. The van der Waals surface area contributed by atoms with Crippen molar-refractivity contribution in [2.45, 2.75) is 32.4 Å². The fourth-order valence-corrected chi connectivity index (χ4v) is 2.84. The molecular formula is C18H21ClN2. The van der Waals surface area contributed by atoms with Gasteiger partial charge in [-0.05, 0) is 43.5 Å². The van der Waals surface area contributed by atoms with E-state index in [0.29, 0.717) is 6.04 Å². The zero-order valence-electron chi connectivity index (χ0n) is 12.6. The Morgan fingerprint density at radius 3 is 2.52 bits per heavy atom. The lowest BCUT2D eigenvalue weighted by Gasteiger charge is -2.24. The first-order valence-corrected chi connectivity index (χ1v) is 7.84. The molecule has 110 valence electrons. The van der Waals surface area contributed by atoms with E-state index in [9.17, 15) is 0 Å². The molecule has 0 saturated heterocycles. The van der Waals surface area contributed by atoms with Gasteiger partial charge in [0.1, 0.15) is 0 Å². The van der Waals surface area contributed by atoms with E-state index >= 15 is 0 Å². The molecule has 0 amide bonds. The molecule has 1 N–H and O–H groups in total. The van der Waals surface area contributed by atoms with Gasteiger partial charge in [-0.3, -0.25) is 0 Å². The first-order valence-electron chi connectivity index (χ1n) is 7.46. The van der Waals surface area contributed by atoms with Gasteiger partial charge in [-0.1, -0.05) is 41.4 Å². The first-order chi connectivity index (χ1) is 10.1. The van der Waals surface area contributed by atoms with Crippen LogP contribution in [0.1, 0.15) is 24.0 Å². The molecule has 3 heteroatoms. The molecule has 2 aromatic rings. The third kappa shape index (κ3) is 3.39. The lowest BCUT2D eigenvalue weighted by molar-refractivity contribution is 0.687. The molecular weight excluding hydrogens is 280 g/mol. The summed E-state index contributed by atoms with van der Waals surface area (Å²) in [7, 11) is 2.08. The van der Waals surface area contributed by atoms with Gasteiger partial charge >= 0.3 is 0 Å². The Labute approximate surface area is 131 Å². The fraction of sp³-hybridized carbons (Fsp3) is 0.333. The predicted molar refractivity (Wildman–Crippen MR) is 90.6 cm³/mol. The summed E-state index contributed by atoms with van der Waals surface area (Å²) in [4.78, 5) is 2.17. The summed E-state index contributed by atoms with van der Waals surface area (Å²) in [5, 5.41) is 4.37. The van der Waals surface area contributed by atoms with Crippen LogP contribution in [0.15, 0.2) is 42.5 Å². The van der Waals surface area contributed by atoms with Crippen molar-refractivity contribution >= 4 is 23.0 Å². The van der Waals surface area contributed by atoms with Crippen LogP contribution < -0.4 is 10.2 Å². The maximum Gasteiger partial charge on any atom is 0.0646 e. The number of nitrogens with one attached hydrogen (secondary N) is 1. The Hall–Kier alpha value is -1.51. The van der Waals surface area contributed by atoms with Gasteiger partial charge in [0.15, 0.2) is 0 Å². The van der Waals surface area contributed by atoms with E-state index in [4.69, 9.17) is 11.6 Å². The average Bonchev–Trinajstić information content (AvgIpc) is 3.29. The van der Waals surface area contributed by atoms with Crippen molar-refractivity contribution < 1.29 is 0 Å². The van der Waals surface area contributed by atoms with Crippen molar-refractivity contribution in [3.05, 3.63) is 58.6 Å². The lowest BCUT2D eigenvalue weighted by atomic mass is 10.1. The summed E-state index contributed by atoms with van der Waals surface area (Å²) >= 11 is 6.47. The molecule has 0 unspecified atom stereocenters. The van der Waals surface area contributed by atoms with Gasteiger partial charge in [0, 0.05) is 25.3 Å². The van der Waals surface area contributed by atoms with Crippen LogP contribution in [0, 0.1) is 6.92 Å². The second-order valence-electron chi connectivity index (χ2n) is 5.80. The molecule has 0 atom stereocenters. The molecule has 1 aliphatic carbocycles. The van der Waals surface area contributed by atoms with Crippen LogP contribution >= 0.6 is 11.6 Å². The van der Waals surface area contributed by atoms with Gasteiger partial charge in [0.25, 0.3) is 0 Å².